The molecule has 2 aromatic rings. The lowest BCUT2D eigenvalue weighted by atomic mass is 10.1. The summed E-state index contributed by atoms with van der Waals surface area (Å²) in [4.78, 5) is 5.91. The summed E-state index contributed by atoms with van der Waals surface area (Å²) >= 11 is 0. The van der Waals surface area contributed by atoms with Crippen molar-refractivity contribution in [2.45, 2.75) is 47.5 Å². The molecule has 0 unspecified atom stereocenters. The van der Waals surface area contributed by atoms with Crippen molar-refractivity contribution >= 4 is 10.9 Å². The molecule has 0 radical (unpaired) electrons. The number of benzene rings is 1. The van der Waals surface area contributed by atoms with Gasteiger partial charge in [-0.2, -0.15) is 0 Å². The highest BCUT2D eigenvalue weighted by Gasteiger charge is 2.07. The SMILES string of the molecule is CC.CCCN(CC)CCc1c[nH]c2cccc(C)c12. The molecule has 1 N–H and O–H groups in total. The van der Waals surface area contributed by atoms with Gasteiger partial charge in [-0.15, -0.1) is 0 Å². The van der Waals surface area contributed by atoms with Gasteiger partial charge in [-0.05, 0) is 50.0 Å². The first-order valence-corrected chi connectivity index (χ1v) is 8.04. The molecule has 20 heavy (non-hydrogen) atoms. The zero-order chi connectivity index (χ0) is 15.0. The van der Waals surface area contributed by atoms with Crippen LogP contribution >= 0.6 is 0 Å². The van der Waals surface area contributed by atoms with Crippen molar-refractivity contribution < 1.29 is 0 Å². The standard InChI is InChI=1S/C16H24N2.C2H6/c1-4-10-18(5-2)11-9-14-12-17-15-8-6-7-13(3)16(14)15;1-2/h6-8,12,17H,4-5,9-11H2,1-3H3;1-2H3. The van der Waals surface area contributed by atoms with Crippen LogP contribution in [0.4, 0.5) is 0 Å². The fraction of sp³-hybridized carbons (Fsp3) is 0.556. The first-order valence-electron chi connectivity index (χ1n) is 8.04. The van der Waals surface area contributed by atoms with Crippen molar-refractivity contribution in [3.05, 3.63) is 35.5 Å². The average molecular weight is 274 g/mol. The number of fused-ring (bicyclic) bond motifs is 1. The smallest absolute Gasteiger partial charge is 0.0459 e. The molecule has 0 aliphatic heterocycles. The second-order valence-electron chi connectivity index (χ2n) is 5.00. The lowest BCUT2D eigenvalue weighted by molar-refractivity contribution is 0.293. The van der Waals surface area contributed by atoms with E-state index in [1.165, 1.54) is 35.0 Å². The molecule has 0 bridgehead atoms. The van der Waals surface area contributed by atoms with E-state index in [9.17, 15) is 0 Å². The van der Waals surface area contributed by atoms with E-state index in [0.29, 0.717) is 0 Å². The summed E-state index contributed by atoms with van der Waals surface area (Å²) in [5.41, 5.74) is 4.10. The van der Waals surface area contributed by atoms with Crippen LogP contribution in [0, 0.1) is 6.92 Å². The van der Waals surface area contributed by atoms with Crippen molar-refractivity contribution in [2.24, 2.45) is 0 Å². The van der Waals surface area contributed by atoms with E-state index in [1.54, 1.807) is 0 Å². The molecule has 0 saturated carbocycles. The Morgan fingerprint density at radius 2 is 1.85 bits per heavy atom. The van der Waals surface area contributed by atoms with Crippen molar-refractivity contribution in [3.8, 4) is 0 Å². The van der Waals surface area contributed by atoms with E-state index in [4.69, 9.17) is 0 Å². The lowest BCUT2D eigenvalue weighted by Crippen LogP contribution is -2.26. The number of nitrogens with zero attached hydrogens (tertiary/aromatic N) is 1. The van der Waals surface area contributed by atoms with Gasteiger partial charge in [0.15, 0.2) is 0 Å². The minimum atomic E-state index is 1.14. The third kappa shape index (κ3) is 4.11. The summed E-state index contributed by atoms with van der Waals surface area (Å²) in [7, 11) is 0. The Hall–Kier alpha value is -1.28. The zero-order valence-electron chi connectivity index (χ0n) is 13.8. The number of nitrogens with one attached hydrogen (secondary N) is 1. The third-order valence-electron chi connectivity index (χ3n) is 3.68. The average Bonchev–Trinajstić information content (AvgIpc) is 2.90. The van der Waals surface area contributed by atoms with Gasteiger partial charge in [0, 0.05) is 23.6 Å². The second-order valence-corrected chi connectivity index (χ2v) is 5.00. The molecule has 2 rings (SSSR count). The first-order chi connectivity index (χ1) is 9.76. The number of hydrogen-bond acceptors (Lipinski definition) is 1. The van der Waals surface area contributed by atoms with Gasteiger partial charge in [-0.1, -0.05) is 39.8 Å². The number of aromatic nitrogens is 1. The molecule has 2 heteroatoms. The maximum atomic E-state index is 3.38. The predicted molar refractivity (Wildman–Crippen MR) is 90.5 cm³/mol. The van der Waals surface area contributed by atoms with Crippen LogP contribution in [0.25, 0.3) is 10.9 Å². The molecular weight excluding hydrogens is 244 g/mol. The summed E-state index contributed by atoms with van der Waals surface area (Å²) in [5.74, 6) is 0. The molecule has 112 valence electrons. The number of H-pyrrole nitrogens is 1. The number of aromatic amines is 1. The molecular formula is C18H30N2. The highest BCUT2D eigenvalue weighted by atomic mass is 15.1. The van der Waals surface area contributed by atoms with Crippen LogP contribution in [0.1, 0.15) is 45.2 Å². The van der Waals surface area contributed by atoms with Gasteiger partial charge in [0.2, 0.25) is 0 Å². The Bertz CT molecular complexity index is 499. The Labute approximate surface area is 124 Å². The molecule has 0 aliphatic carbocycles. The summed E-state index contributed by atoms with van der Waals surface area (Å²) in [5, 5.41) is 1.42. The minimum Gasteiger partial charge on any atom is -0.361 e. The molecule has 0 saturated heterocycles. The number of rotatable bonds is 6. The van der Waals surface area contributed by atoms with Crippen molar-refractivity contribution in [1.82, 2.24) is 9.88 Å². The normalized spacial score (nSPS) is 10.7. The van der Waals surface area contributed by atoms with E-state index >= 15 is 0 Å². The van der Waals surface area contributed by atoms with Gasteiger partial charge in [-0.25, -0.2) is 0 Å². The maximum Gasteiger partial charge on any atom is 0.0459 e. The van der Waals surface area contributed by atoms with Crippen LogP contribution in [0.3, 0.4) is 0 Å². The molecule has 2 nitrogen and oxygen atoms in total. The van der Waals surface area contributed by atoms with E-state index in [0.717, 1.165) is 19.5 Å². The fourth-order valence-electron chi connectivity index (χ4n) is 2.67. The van der Waals surface area contributed by atoms with Crippen molar-refractivity contribution in [2.75, 3.05) is 19.6 Å². The minimum absolute atomic E-state index is 1.14. The Morgan fingerprint density at radius 1 is 1.10 bits per heavy atom. The summed E-state index contributed by atoms with van der Waals surface area (Å²) in [6, 6.07) is 6.48. The Morgan fingerprint density at radius 3 is 2.50 bits per heavy atom. The van der Waals surface area contributed by atoms with Crippen LogP contribution in [0.5, 0.6) is 0 Å². The molecule has 0 amide bonds. The third-order valence-corrected chi connectivity index (χ3v) is 3.68. The first kappa shape index (κ1) is 16.8. The topological polar surface area (TPSA) is 19.0 Å². The summed E-state index contributed by atoms with van der Waals surface area (Å²) in [6.07, 6.45) is 4.55. The molecule has 1 aromatic carbocycles. The lowest BCUT2D eigenvalue weighted by Gasteiger charge is -2.19. The monoisotopic (exact) mass is 274 g/mol. The van der Waals surface area contributed by atoms with Gasteiger partial charge in [0.25, 0.3) is 0 Å². The molecule has 0 fully saturated rings. The number of aryl methyl sites for hydroxylation is 1. The van der Waals surface area contributed by atoms with Gasteiger partial charge in [0.1, 0.15) is 0 Å². The van der Waals surface area contributed by atoms with Gasteiger partial charge >= 0.3 is 0 Å². The highest BCUT2D eigenvalue weighted by molar-refractivity contribution is 5.86. The van der Waals surface area contributed by atoms with E-state index in [1.807, 2.05) is 13.8 Å². The molecule has 1 aromatic heterocycles. The Kier molecular flexibility index (Phi) is 7.38. The summed E-state index contributed by atoms with van der Waals surface area (Å²) < 4.78 is 0. The van der Waals surface area contributed by atoms with Gasteiger partial charge < -0.3 is 9.88 Å². The molecule has 0 aliphatic rings. The van der Waals surface area contributed by atoms with Crippen LogP contribution < -0.4 is 0 Å². The quantitative estimate of drug-likeness (QED) is 0.803. The van der Waals surface area contributed by atoms with Crippen LogP contribution in [-0.4, -0.2) is 29.5 Å². The molecule has 0 atom stereocenters. The van der Waals surface area contributed by atoms with Crippen LogP contribution in [0.15, 0.2) is 24.4 Å². The van der Waals surface area contributed by atoms with Crippen LogP contribution in [-0.2, 0) is 6.42 Å². The maximum absolute atomic E-state index is 3.38. The van der Waals surface area contributed by atoms with Crippen molar-refractivity contribution in [3.63, 3.8) is 0 Å². The second kappa shape index (κ2) is 8.80. The fourth-order valence-corrected chi connectivity index (χ4v) is 2.67. The zero-order valence-corrected chi connectivity index (χ0v) is 13.8. The van der Waals surface area contributed by atoms with Crippen LogP contribution in [0.2, 0.25) is 0 Å². The molecule has 1 heterocycles. The number of likely N-dealkylation sites (N-methyl/N-ethyl adjacent to an activating group) is 1. The van der Waals surface area contributed by atoms with E-state index < -0.39 is 0 Å². The Balaban J connectivity index is 0.000000956. The van der Waals surface area contributed by atoms with E-state index in [2.05, 4.69) is 55.1 Å². The summed E-state index contributed by atoms with van der Waals surface area (Å²) in [6.45, 7) is 14.2. The van der Waals surface area contributed by atoms with E-state index in [-0.39, 0.29) is 0 Å². The van der Waals surface area contributed by atoms with Gasteiger partial charge in [0.05, 0.1) is 0 Å². The molecule has 0 spiro atoms. The van der Waals surface area contributed by atoms with Crippen molar-refractivity contribution in [1.29, 1.82) is 0 Å². The largest absolute Gasteiger partial charge is 0.361 e. The predicted octanol–water partition coefficient (Wildman–Crippen LogP) is 4.78. The highest BCUT2D eigenvalue weighted by Crippen LogP contribution is 2.22. The van der Waals surface area contributed by atoms with Gasteiger partial charge in [-0.3, -0.25) is 0 Å². The number of hydrogen-bond donors (Lipinski definition) is 1.